The summed E-state index contributed by atoms with van der Waals surface area (Å²) < 4.78 is 4.82. The minimum absolute atomic E-state index is 0. The molecule has 2 aromatic rings. The molecular weight excluding hydrogens is 1340 g/mol. The van der Waals surface area contributed by atoms with Crippen LogP contribution in [-0.4, -0.2) is 242 Å². The van der Waals surface area contributed by atoms with Crippen molar-refractivity contribution >= 4 is 250 Å². The van der Waals surface area contributed by atoms with Gasteiger partial charge in [0.25, 0.3) is 0 Å². The Balaban J connectivity index is 0.0000296. The first-order valence-corrected chi connectivity index (χ1v) is 88.7. The first kappa shape index (κ1) is 83.8. The van der Waals surface area contributed by atoms with Crippen LogP contribution in [0.5, 0.6) is 0 Å². The second-order valence-electron chi connectivity index (χ2n) is 40.0. The normalized spacial score (nSPS) is 15.5. The summed E-state index contributed by atoms with van der Waals surface area (Å²) in [6, 6.07) is 12.6. The summed E-state index contributed by atoms with van der Waals surface area (Å²) in [7, 11) is -24.6. The Bertz CT molecular complexity index is 1990. The molecule has 0 heterocycles. The molecule has 4 radical (unpaired) electrons. The zero-order valence-corrected chi connectivity index (χ0v) is 86.1. The zero-order chi connectivity index (χ0) is 61.2. The summed E-state index contributed by atoms with van der Waals surface area (Å²) in [6.45, 7) is 118. The quantitative estimate of drug-likeness (QED) is 0.103. The third-order valence-electron chi connectivity index (χ3n) is 18.5. The van der Waals surface area contributed by atoms with Crippen molar-refractivity contribution in [1.29, 1.82) is 0 Å². The van der Waals surface area contributed by atoms with E-state index in [0.717, 1.165) is 20.7 Å². The predicted octanol–water partition coefficient (Wildman–Crippen LogP) is 19.3. The Morgan fingerprint density at radius 1 is 0.231 bits per heavy atom. The minimum atomic E-state index is -1.80. The molecule has 2 rings (SSSR count). The van der Waals surface area contributed by atoms with Crippen molar-refractivity contribution in [2.45, 2.75) is 304 Å². The van der Waals surface area contributed by atoms with Gasteiger partial charge in [0.1, 0.15) is 0 Å². The standard InChI is InChI=1S/C60H134Ge2Si14.2K/c1-63(2,3)55(64(4,5)6)49-43-47(59(71(25,26)27,72(28,29)30)73(31,32)33)44-50(56(65(7,8)9)66(10,11)12)53(49)61-62-54-51(57(67(13,14)15)68(16,17)18)45-48(46-52(54)58(69(19,20)21)70(22,23)24)60(74(34,35)36,75(37,38)39)76(40,41)42;;/h43-46,55-58H,1-42H3;;. The van der Waals surface area contributed by atoms with E-state index < -0.39 is 139 Å². The van der Waals surface area contributed by atoms with Gasteiger partial charge in [0.05, 0.1) is 0 Å². The Morgan fingerprint density at radius 3 is 0.436 bits per heavy atom. The van der Waals surface area contributed by atoms with E-state index in [1.54, 1.807) is 0 Å². The summed E-state index contributed by atoms with van der Waals surface area (Å²) in [5.41, 5.74) is 11.7. The van der Waals surface area contributed by atoms with Crippen molar-refractivity contribution in [3.63, 3.8) is 0 Å². The molecule has 0 aliphatic carbocycles. The molecule has 0 saturated heterocycles. The molecule has 0 aliphatic heterocycles. The molecule has 0 saturated carbocycles. The van der Waals surface area contributed by atoms with Crippen molar-refractivity contribution < 1.29 is 0 Å². The van der Waals surface area contributed by atoms with Gasteiger partial charge in [-0.2, -0.15) is 0 Å². The molecule has 0 atom stereocenters. The molecule has 440 valence electrons. The molecule has 0 unspecified atom stereocenters. The van der Waals surface area contributed by atoms with E-state index in [4.69, 9.17) is 0 Å². The van der Waals surface area contributed by atoms with E-state index in [0.29, 0.717) is 8.57 Å². The van der Waals surface area contributed by atoms with Gasteiger partial charge in [0.2, 0.25) is 0 Å². The average molecular weight is 1470 g/mol. The van der Waals surface area contributed by atoms with Crippen molar-refractivity contribution in [1.82, 2.24) is 0 Å². The minimum Gasteiger partial charge on any atom is 0 e. The topological polar surface area (TPSA) is 0 Å². The molecule has 18 heteroatoms. The third kappa shape index (κ3) is 17.9. The Labute approximate surface area is 602 Å². The number of hydrogen-bond donors (Lipinski definition) is 0. The van der Waals surface area contributed by atoms with Crippen molar-refractivity contribution in [2.24, 2.45) is 0 Å². The summed E-state index contributed by atoms with van der Waals surface area (Å²) in [6.07, 6.45) is 0. The van der Waals surface area contributed by atoms with Crippen molar-refractivity contribution in [3.8, 4) is 0 Å². The van der Waals surface area contributed by atoms with Gasteiger partial charge < -0.3 is 0 Å². The maximum Gasteiger partial charge on any atom is 0 e. The van der Waals surface area contributed by atoms with E-state index in [9.17, 15) is 0 Å². The van der Waals surface area contributed by atoms with Gasteiger partial charge in [0.15, 0.2) is 0 Å². The van der Waals surface area contributed by atoms with Crippen LogP contribution in [0.25, 0.3) is 0 Å². The summed E-state index contributed by atoms with van der Waals surface area (Å²) in [5, 5.41) is 2.99. The molecule has 0 bridgehead atoms. The molecule has 0 spiro atoms. The predicted molar refractivity (Wildman–Crippen MR) is 416 cm³/mol. The first-order valence-electron chi connectivity index (χ1n) is 30.5. The van der Waals surface area contributed by atoms with Gasteiger partial charge in [-0.05, 0) is 0 Å². The van der Waals surface area contributed by atoms with Crippen LogP contribution in [0.1, 0.15) is 54.0 Å². The molecule has 0 amide bonds. The van der Waals surface area contributed by atoms with Gasteiger partial charge in [-0.15, -0.1) is 0 Å². The maximum absolute atomic E-state index is 3.14. The molecular formula is C60H134Ge2K2Si14. The second kappa shape index (κ2) is 26.8. The second-order valence-corrected chi connectivity index (χ2v) is 128. The zero-order valence-electron chi connectivity index (χ0n) is 61.6. The SMILES string of the molecule is C[Si](C)(C)C(c1cc(C([Si](C)(C)C)([Si](C)(C)C)[Si](C)(C)C)cc(C([Si](C)(C)C)[Si](C)(C)C)[c]1[Ge]=[Ge][c]1c(C([Si](C)(C)C)[Si](C)(C)C)cc(C([Si](C)(C)C)([Si](C)(C)C)[Si](C)(C)C)cc1C([Si](C)(C)C)[Si](C)(C)C)[Si](C)(C)C.[K].[K]. The van der Waals surface area contributed by atoms with Crippen LogP contribution in [0.3, 0.4) is 0 Å². The number of hydrogen-bond acceptors (Lipinski definition) is 0. The Hall–Kier alpha value is 5.83. The van der Waals surface area contributed by atoms with Crippen LogP contribution < -0.4 is 8.79 Å². The molecule has 0 aromatic heterocycles. The summed E-state index contributed by atoms with van der Waals surface area (Å²) in [5.74, 6) is 0. The smallest absolute Gasteiger partial charge is 0 e. The van der Waals surface area contributed by atoms with E-state index in [2.05, 4.69) is 308 Å². The number of benzene rings is 2. The molecule has 0 fully saturated rings. The van der Waals surface area contributed by atoms with Crippen LogP contribution in [0, 0.1) is 0 Å². The van der Waals surface area contributed by atoms with Gasteiger partial charge in [-0.25, -0.2) is 0 Å². The summed E-state index contributed by atoms with van der Waals surface area (Å²) >= 11 is -1.03. The fourth-order valence-corrected chi connectivity index (χ4v) is 147. The van der Waals surface area contributed by atoms with E-state index >= 15 is 0 Å². The molecule has 0 nitrogen and oxygen atoms in total. The summed E-state index contributed by atoms with van der Waals surface area (Å²) in [4.78, 5) is 0. The molecule has 0 aliphatic rings. The monoisotopic (exact) mass is 1470 g/mol. The van der Waals surface area contributed by atoms with E-state index in [-0.39, 0.29) is 103 Å². The molecule has 0 N–H and O–H groups in total. The fourth-order valence-electron chi connectivity index (χ4n) is 21.4. The van der Waals surface area contributed by atoms with Gasteiger partial charge in [-0.1, -0.05) is 0 Å². The van der Waals surface area contributed by atoms with Crippen molar-refractivity contribution in [3.05, 3.63) is 57.6 Å². The van der Waals surface area contributed by atoms with Crippen LogP contribution >= 0.6 is 0 Å². The molecule has 78 heavy (non-hydrogen) atoms. The van der Waals surface area contributed by atoms with Crippen LogP contribution in [0.2, 0.25) is 275 Å². The van der Waals surface area contributed by atoms with Crippen molar-refractivity contribution in [2.75, 3.05) is 0 Å². The average Bonchev–Trinajstić information content (AvgIpc) is 2.99. The first-order chi connectivity index (χ1) is 32.6. The maximum atomic E-state index is 3.14. The van der Waals surface area contributed by atoms with E-state index in [1.165, 1.54) is 0 Å². The van der Waals surface area contributed by atoms with Crippen LogP contribution in [0.15, 0.2) is 24.3 Å². The van der Waals surface area contributed by atoms with E-state index in [1.807, 2.05) is 33.4 Å². The van der Waals surface area contributed by atoms with Gasteiger partial charge >= 0.3 is 510 Å². The Morgan fingerprint density at radius 2 is 0.346 bits per heavy atom. The Kier molecular flexibility index (Phi) is 28.8. The third-order valence-corrected chi connectivity index (χ3v) is 108. The van der Waals surface area contributed by atoms with Crippen LogP contribution in [-0.2, 0) is 8.57 Å². The fraction of sp³-hybridized carbons (Fsp3) is 0.800. The van der Waals surface area contributed by atoms with Gasteiger partial charge in [-0.3, -0.25) is 0 Å². The number of rotatable bonds is 22. The van der Waals surface area contributed by atoms with Crippen LogP contribution in [0.4, 0.5) is 0 Å². The van der Waals surface area contributed by atoms with Gasteiger partial charge in [0, 0.05) is 103 Å². The largest absolute Gasteiger partial charge is 0 e. The molecule has 2 aromatic carbocycles.